The molecular weight excluding hydrogens is 422 g/mol. The Bertz CT molecular complexity index is 909. The standard InChI is InChI=1S/C22H29NO9/c1-20(2,3)31-16(25)9-10-22(23,19(29)32-21(4,5)6)18(28)30-15-8-7-13(12-24)11-14(15)17(26)27/h7-8,11-12H,9-10,23H2,1-6H3,(H,26,27). The van der Waals surface area contributed by atoms with Gasteiger partial charge in [0, 0.05) is 12.0 Å². The minimum Gasteiger partial charge on any atom is -0.478 e. The van der Waals surface area contributed by atoms with Crippen molar-refractivity contribution in [2.45, 2.75) is 71.1 Å². The van der Waals surface area contributed by atoms with Crippen molar-refractivity contribution >= 4 is 30.2 Å². The smallest absolute Gasteiger partial charge is 0.343 e. The molecule has 1 aromatic carbocycles. The van der Waals surface area contributed by atoms with E-state index in [1.54, 1.807) is 41.5 Å². The molecule has 0 amide bonds. The van der Waals surface area contributed by atoms with Crippen LogP contribution in [0.25, 0.3) is 0 Å². The van der Waals surface area contributed by atoms with Gasteiger partial charge in [-0.25, -0.2) is 14.4 Å². The molecule has 10 heteroatoms. The average molecular weight is 451 g/mol. The van der Waals surface area contributed by atoms with Crippen LogP contribution >= 0.6 is 0 Å². The third-order valence-corrected chi connectivity index (χ3v) is 3.84. The van der Waals surface area contributed by atoms with Gasteiger partial charge in [-0.15, -0.1) is 0 Å². The number of carbonyl (C=O) groups is 5. The normalized spacial score (nSPS) is 13.5. The lowest BCUT2D eigenvalue weighted by Gasteiger charge is -2.29. The van der Waals surface area contributed by atoms with E-state index in [1.807, 2.05) is 0 Å². The zero-order chi connectivity index (χ0) is 24.9. The molecule has 3 N–H and O–H groups in total. The predicted molar refractivity (Wildman–Crippen MR) is 112 cm³/mol. The molecule has 32 heavy (non-hydrogen) atoms. The number of ether oxygens (including phenoxy) is 3. The van der Waals surface area contributed by atoms with Gasteiger partial charge in [0.2, 0.25) is 5.54 Å². The Morgan fingerprint density at radius 2 is 1.53 bits per heavy atom. The summed E-state index contributed by atoms with van der Waals surface area (Å²) in [4.78, 5) is 60.2. The fourth-order valence-corrected chi connectivity index (χ4v) is 2.42. The van der Waals surface area contributed by atoms with Gasteiger partial charge >= 0.3 is 23.9 Å². The quantitative estimate of drug-likeness (QED) is 0.260. The molecule has 0 saturated carbocycles. The first kappa shape index (κ1) is 26.8. The van der Waals surface area contributed by atoms with Crippen LogP contribution in [0.4, 0.5) is 0 Å². The minimum atomic E-state index is -2.43. The highest BCUT2D eigenvalue weighted by molar-refractivity contribution is 6.06. The van der Waals surface area contributed by atoms with Crippen molar-refractivity contribution in [2.24, 2.45) is 5.73 Å². The summed E-state index contributed by atoms with van der Waals surface area (Å²) in [7, 11) is 0. The van der Waals surface area contributed by atoms with E-state index in [9.17, 15) is 29.1 Å². The second-order valence-corrected chi connectivity index (χ2v) is 9.13. The van der Waals surface area contributed by atoms with E-state index in [0.29, 0.717) is 6.29 Å². The Balaban J connectivity index is 3.25. The van der Waals surface area contributed by atoms with Gasteiger partial charge in [0.15, 0.2) is 0 Å². The lowest BCUT2D eigenvalue weighted by Crippen LogP contribution is -2.59. The molecule has 1 rings (SSSR count). The highest BCUT2D eigenvalue weighted by Crippen LogP contribution is 2.25. The lowest BCUT2D eigenvalue weighted by atomic mass is 9.94. The maximum Gasteiger partial charge on any atom is 0.343 e. The number of carbonyl (C=O) groups excluding carboxylic acids is 4. The van der Waals surface area contributed by atoms with Crippen LogP contribution in [-0.4, -0.2) is 52.0 Å². The number of hydrogen-bond acceptors (Lipinski definition) is 9. The number of hydrogen-bond donors (Lipinski definition) is 2. The van der Waals surface area contributed by atoms with Crippen LogP contribution in [0, 0.1) is 0 Å². The molecule has 0 heterocycles. The van der Waals surface area contributed by atoms with E-state index in [1.165, 1.54) is 6.07 Å². The van der Waals surface area contributed by atoms with Crippen molar-refractivity contribution in [3.05, 3.63) is 29.3 Å². The van der Waals surface area contributed by atoms with Crippen LogP contribution < -0.4 is 10.5 Å². The minimum absolute atomic E-state index is 0.0401. The summed E-state index contributed by atoms with van der Waals surface area (Å²) >= 11 is 0. The molecule has 0 aliphatic carbocycles. The maximum absolute atomic E-state index is 12.9. The number of carboxylic acids is 1. The molecule has 0 aliphatic rings. The number of benzene rings is 1. The Morgan fingerprint density at radius 3 is 2.00 bits per heavy atom. The first-order valence-corrected chi connectivity index (χ1v) is 9.77. The van der Waals surface area contributed by atoms with Crippen LogP contribution in [0.2, 0.25) is 0 Å². The molecule has 0 spiro atoms. The number of aromatic carboxylic acids is 1. The van der Waals surface area contributed by atoms with E-state index in [0.717, 1.165) is 12.1 Å². The molecule has 0 aromatic heterocycles. The van der Waals surface area contributed by atoms with E-state index in [-0.39, 0.29) is 5.56 Å². The van der Waals surface area contributed by atoms with E-state index < -0.39 is 64.8 Å². The Hall–Kier alpha value is -3.27. The summed E-state index contributed by atoms with van der Waals surface area (Å²) in [5.41, 5.74) is 1.40. The number of nitrogens with two attached hydrogens (primary N) is 1. The topological polar surface area (TPSA) is 159 Å². The zero-order valence-electron chi connectivity index (χ0n) is 19.0. The lowest BCUT2D eigenvalue weighted by molar-refractivity contribution is -0.169. The number of rotatable bonds is 8. The van der Waals surface area contributed by atoms with Crippen molar-refractivity contribution in [3.8, 4) is 5.75 Å². The molecule has 0 fully saturated rings. The summed E-state index contributed by atoms with van der Waals surface area (Å²) in [6.45, 7) is 9.64. The molecule has 0 saturated heterocycles. The van der Waals surface area contributed by atoms with Gasteiger partial charge in [0.1, 0.15) is 28.8 Å². The van der Waals surface area contributed by atoms with Crippen molar-refractivity contribution in [1.29, 1.82) is 0 Å². The van der Waals surface area contributed by atoms with Crippen molar-refractivity contribution in [3.63, 3.8) is 0 Å². The van der Waals surface area contributed by atoms with Crippen LogP contribution in [0.5, 0.6) is 5.75 Å². The molecule has 1 unspecified atom stereocenters. The van der Waals surface area contributed by atoms with Crippen LogP contribution in [0.15, 0.2) is 18.2 Å². The number of carboxylic acid groups (broad SMARTS) is 1. The number of esters is 3. The second-order valence-electron chi connectivity index (χ2n) is 9.13. The number of aldehydes is 1. The van der Waals surface area contributed by atoms with Crippen molar-refractivity contribution in [2.75, 3.05) is 0 Å². The van der Waals surface area contributed by atoms with Gasteiger partial charge in [-0.3, -0.25) is 9.59 Å². The highest BCUT2D eigenvalue weighted by atomic mass is 16.6. The fraction of sp³-hybridized carbons (Fsp3) is 0.500. The molecule has 0 aliphatic heterocycles. The van der Waals surface area contributed by atoms with Gasteiger partial charge in [-0.2, -0.15) is 0 Å². The van der Waals surface area contributed by atoms with Gasteiger partial charge in [-0.1, -0.05) is 0 Å². The van der Waals surface area contributed by atoms with Gasteiger partial charge in [0.05, 0.1) is 0 Å². The SMILES string of the molecule is CC(C)(C)OC(=O)CCC(N)(C(=O)Oc1ccc(C=O)cc1C(=O)O)C(=O)OC(C)(C)C. The van der Waals surface area contributed by atoms with Crippen LogP contribution in [0.3, 0.4) is 0 Å². The third kappa shape index (κ3) is 7.77. The summed E-state index contributed by atoms with van der Waals surface area (Å²) in [5, 5.41) is 9.36. The first-order valence-electron chi connectivity index (χ1n) is 9.77. The third-order valence-electron chi connectivity index (χ3n) is 3.84. The van der Waals surface area contributed by atoms with Gasteiger partial charge in [0.25, 0.3) is 0 Å². The van der Waals surface area contributed by atoms with Crippen molar-refractivity contribution < 1.29 is 43.3 Å². The fourth-order valence-electron chi connectivity index (χ4n) is 2.42. The predicted octanol–water partition coefficient (Wildman–Crippen LogP) is 2.26. The molecule has 1 atom stereocenters. The van der Waals surface area contributed by atoms with Gasteiger partial charge < -0.3 is 25.1 Å². The summed E-state index contributed by atoms with van der Waals surface area (Å²) in [6, 6.07) is 3.33. The summed E-state index contributed by atoms with van der Waals surface area (Å²) in [5.74, 6) is -5.07. The van der Waals surface area contributed by atoms with E-state index in [4.69, 9.17) is 19.9 Å². The molecule has 176 valence electrons. The molecule has 0 radical (unpaired) electrons. The van der Waals surface area contributed by atoms with Crippen LogP contribution in [-0.2, 0) is 23.9 Å². The second kappa shape index (κ2) is 9.90. The zero-order valence-corrected chi connectivity index (χ0v) is 19.0. The Kier molecular flexibility index (Phi) is 8.28. The van der Waals surface area contributed by atoms with Crippen molar-refractivity contribution in [1.82, 2.24) is 0 Å². The van der Waals surface area contributed by atoms with Gasteiger partial charge in [-0.05, 0) is 66.2 Å². The van der Waals surface area contributed by atoms with Crippen LogP contribution in [0.1, 0.15) is 75.1 Å². The summed E-state index contributed by atoms with van der Waals surface area (Å²) < 4.78 is 15.5. The van der Waals surface area contributed by atoms with E-state index in [2.05, 4.69) is 0 Å². The Labute approximate surface area is 186 Å². The monoisotopic (exact) mass is 451 g/mol. The maximum atomic E-state index is 12.9. The van der Waals surface area contributed by atoms with E-state index >= 15 is 0 Å². The summed E-state index contributed by atoms with van der Waals surface area (Å²) in [6.07, 6.45) is -0.491. The average Bonchev–Trinajstić information content (AvgIpc) is 2.63. The molecule has 10 nitrogen and oxygen atoms in total. The first-order chi connectivity index (χ1) is 14.5. The Morgan fingerprint density at radius 1 is 0.969 bits per heavy atom. The highest BCUT2D eigenvalue weighted by Gasteiger charge is 2.47. The molecular formula is C22H29NO9. The largest absolute Gasteiger partial charge is 0.478 e. The molecule has 0 bridgehead atoms. The molecule has 1 aromatic rings.